The van der Waals surface area contributed by atoms with E-state index < -0.39 is 0 Å². The number of halogens is 1. The molecule has 1 atom stereocenters. The number of carbonyl (C=O) groups excluding carboxylic acids is 1. The molecule has 1 aliphatic heterocycles. The molecule has 7 heteroatoms. The Morgan fingerprint density at radius 3 is 2.52 bits per heavy atom. The van der Waals surface area contributed by atoms with Gasteiger partial charge < -0.3 is 19.4 Å². The Kier molecular flexibility index (Phi) is 6.94. The monoisotopic (exact) mass is 483 g/mol. The van der Waals surface area contributed by atoms with Gasteiger partial charge in [-0.15, -0.1) is 0 Å². The standard InChI is InChI=1S/C24H26BrN3O3/c1-30-21-9-7-20(8-10-21)27-11-13-28(14-12-27)22(23-6-3-15-31-23)17-26-24(29)18-4-2-5-19(25)16-18/h2-10,15-16,22H,11-14,17H2,1H3,(H,26,29). The molecule has 1 N–H and O–H groups in total. The number of benzene rings is 2. The maximum absolute atomic E-state index is 12.6. The molecule has 2 aromatic carbocycles. The smallest absolute Gasteiger partial charge is 0.251 e. The summed E-state index contributed by atoms with van der Waals surface area (Å²) in [6.45, 7) is 4.06. The first-order valence-electron chi connectivity index (χ1n) is 10.3. The molecule has 162 valence electrons. The van der Waals surface area contributed by atoms with Crippen LogP contribution in [0.15, 0.2) is 75.8 Å². The molecule has 0 spiro atoms. The lowest BCUT2D eigenvalue weighted by Crippen LogP contribution is -2.49. The first-order chi connectivity index (χ1) is 15.1. The van der Waals surface area contributed by atoms with Crippen LogP contribution in [-0.4, -0.2) is 50.6 Å². The number of furan rings is 1. The maximum atomic E-state index is 12.6. The number of carbonyl (C=O) groups is 1. The van der Waals surface area contributed by atoms with E-state index in [0.29, 0.717) is 12.1 Å². The predicted octanol–water partition coefficient (Wildman–Crippen LogP) is 4.34. The number of nitrogens with zero attached hydrogens (tertiary/aromatic N) is 2. The van der Waals surface area contributed by atoms with E-state index in [-0.39, 0.29) is 11.9 Å². The highest BCUT2D eigenvalue weighted by Crippen LogP contribution is 2.25. The molecule has 0 saturated carbocycles. The number of amides is 1. The van der Waals surface area contributed by atoms with Crippen LogP contribution in [0.25, 0.3) is 0 Å². The zero-order valence-corrected chi connectivity index (χ0v) is 19.0. The van der Waals surface area contributed by atoms with Gasteiger partial charge in [-0.2, -0.15) is 0 Å². The molecule has 0 aliphatic carbocycles. The van der Waals surface area contributed by atoms with E-state index in [4.69, 9.17) is 9.15 Å². The quantitative estimate of drug-likeness (QED) is 0.541. The van der Waals surface area contributed by atoms with Crippen LogP contribution in [0.3, 0.4) is 0 Å². The van der Waals surface area contributed by atoms with E-state index in [1.54, 1.807) is 13.4 Å². The number of piperazine rings is 1. The maximum Gasteiger partial charge on any atom is 0.251 e. The van der Waals surface area contributed by atoms with Crippen LogP contribution in [0.4, 0.5) is 5.69 Å². The summed E-state index contributed by atoms with van der Waals surface area (Å²) in [5.74, 6) is 1.64. The molecule has 3 aromatic rings. The third-order valence-corrected chi connectivity index (χ3v) is 6.10. The number of hydrogen-bond donors (Lipinski definition) is 1. The minimum absolute atomic E-state index is 0.0101. The van der Waals surface area contributed by atoms with Gasteiger partial charge in [-0.1, -0.05) is 22.0 Å². The summed E-state index contributed by atoms with van der Waals surface area (Å²) in [6.07, 6.45) is 1.69. The van der Waals surface area contributed by atoms with E-state index in [0.717, 1.165) is 42.2 Å². The van der Waals surface area contributed by atoms with Crippen molar-refractivity contribution in [2.75, 3.05) is 44.7 Å². The summed E-state index contributed by atoms with van der Waals surface area (Å²) in [6, 6.07) is 19.4. The van der Waals surface area contributed by atoms with Crippen molar-refractivity contribution in [1.82, 2.24) is 10.2 Å². The van der Waals surface area contributed by atoms with Gasteiger partial charge in [0.05, 0.1) is 19.4 Å². The molecule has 1 aromatic heterocycles. The van der Waals surface area contributed by atoms with Crippen LogP contribution in [0.5, 0.6) is 5.75 Å². The third-order valence-electron chi connectivity index (χ3n) is 5.61. The van der Waals surface area contributed by atoms with Crippen molar-refractivity contribution in [3.63, 3.8) is 0 Å². The highest BCUT2D eigenvalue weighted by Gasteiger charge is 2.27. The number of rotatable bonds is 7. The van der Waals surface area contributed by atoms with Gasteiger partial charge in [-0.05, 0) is 54.6 Å². The Morgan fingerprint density at radius 2 is 1.87 bits per heavy atom. The SMILES string of the molecule is COc1ccc(N2CCN(C(CNC(=O)c3cccc(Br)c3)c3ccco3)CC2)cc1. The lowest BCUT2D eigenvalue weighted by Gasteiger charge is -2.39. The average molecular weight is 484 g/mol. The normalized spacial score (nSPS) is 15.5. The zero-order chi connectivity index (χ0) is 21.6. The fourth-order valence-electron chi connectivity index (χ4n) is 3.90. The van der Waals surface area contributed by atoms with Gasteiger partial charge in [0.1, 0.15) is 11.5 Å². The fraction of sp³-hybridized carbons (Fsp3) is 0.292. The average Bonchev–Trinajstić information content (AvgIpc) is 3.34. The Hall–Kier alpha value is -2.77. The zero-order valence-electron chi connectivity index (χ0n) is 17.5. The second-order valence-electron chi connectivity index (χ2n) is 7.47. The molecule has 2 heterocycles. The van der Waals surface area contributed by atoms with Crippen LogP contribution >= 0.6 is 15.9 Å². The minimum atomic E-state index is -0.0882. The van der Waals surface area contributed by atoms with Crippen LogP contribution < -0.4 is 15.0 Å². The molecule has 6 nitrogen and oxygen atoms in total. The van der Waals surface area contributed by atoms with Crippen LogP contribution in [-0.2, 0) is 0 Å². The Morgan fingerprint density at radius 1 is 1.10 bits per heavy atom. The lowest BCUT2D eigenvalue weighted by atomic mass is 10.1. The molecule has 31 heavy (non-hydrogen) atoms. The topological polar surface area (TPSA) is 58.0 Å². The van der Waals surface area contributed by atoms with Crippen molar-refractivity contribution in [3.8, 4) is 5.75 Å². The molecule has 0 radical (unpaired) electrons. The number of hydrogen-bond acceptors (Lipinski definition) is 5. The number of ether oxygens (including phenoxy) is 1. The van der Waals surface area contributed by atoms with Crippen molar-refractivity contribution in [2.24, 2.45) is 0 Å². The molecular formula is C24H26BrN3O3. The molecular weight excluding hydrogens is 458 g/mol. The Labute approximate surface area is 190 Å². The lowest BCUT2D eigenvalue weighted by molar-refractivity contribution is 0.0922. The Bertz CT molecular complexity index is 984. The van der Waals surface area contributed by atoms with Gasteiger partial charge in [0, 0.05) is 48.4 Å². The first-order valence-corrected chi connectivity index (χ1v) is 11.1. The summed E-state index contributed by atoms with van der Waals surface area (Å²) in [7, 11) is 1.68. The van der Waals surface area contributed by atoms with Gasteiger partial charge in [0.15, 0.2) is 0 Å². The molecule has 4 rings (SSSR count). The predicted molar refractivity (Wildman–Crippen MR) is 125 cm³/mol. The Balaban J connectivity index is 1.40. The van der Waals surface area contributed by atoms with Gasteiger partial charge in [0.25, 0.3) is 5.91 Å². The molecule has 1 fully saturated rings. The summed E-state index contributed by atoms with van der Waals surface area (Å²) < 4.78 is 11.9. The van der Waals surface area contributed by atoms with Crippen LogP contribution in [0, 0.1) is 0 Å². The van der Waals surface area contributed by atoms with Crippen molar-refractivity contribution < 1.29 is 13.9 Å². The van der Waals surface area contributed by atoms with Gasteiger partial charge >= 0.3 is 0 Å². The molecule has 0 bridgehead atoms. The highest BCUT2D eigenvalue weighted by atomic mass is 79.9. The van der Waals surface area contributed by atoms with E-state index in [1.165, 1.54) is 5.69 Å². The third kappa shape index (κ3) is 5.29. The second-order valence-corrected chi connectivity index (χ2v) is 8.39. The summed E-state index contributed by atoms with van der Waals surface area (Å²) in [5, 5.41) is 3.08. The first kappa shape index (κ1) is 21.5. The van der Waals surface area contributed by atoms with Crippen LogP contribution in [0.2, 0.25) is 0 Å². The van der Waals surface area contributed by atoms with Crippen LogP contribution in [0.1, 0.15) is 22.2 Å². The van der Waals surface area contributed by atoms with E-state index in [9.17, 15) is 4.79 Å². The number of nitrogens with one attached hydrogen (secondary N) is 1. The summed E-state index contributed by atoms with van der Waals surface area (Å²) >= 11 is 3.42. The van der Waals surface area contributed by atoms with E-state index in [1.807, 2.05) is 48.5 Å². The van der Waals surface area contributed by atoms with E-state index in [2.05, 4.69) is 43.2 Å². The van der Waals surface area contributed by atoms with Crippen molar-refractivity contribution in [1.29, 1.82) is 0 Å². The van der Waals surface area contributed by atoms with Crippen molar-refractivity contribution in [2.45, 2.75) is 6.04 Å². The largest absolute Gasteiger partial charge is 0.497 e. The molecule has 1 saturated heterocycles. The van der Waals surface area contributed by atoms with Crippen molar-refractivity contribution >= 4 is 27.5 Å². The van der Waals surface area contributed by atoms with Gasteiger partial charge in [-0.3, -0.25) is 9.69 Å². The van der Waals surface area contributed by atoms with Crippen molar-refractivity contribution in [3.05, 3.63) is 82.7 Å². The molecule has 1 amide bonds. The fourth-order valence-corrected chi connectivity index (χ4v) is 4.30. The summed E-state index contributed by atoms with van der Waals surface area (Å²) in [5.41, 5.74) is 1.83. The highest BCUT2D eigenvalue weighted by molar-refractivity contribution is 9.10. The summed E-state index contributed by atoms with van der Waals surface area (Å²) in [4.78, 5) is 17.4. The minimum Gasteiger partial charge on any atom is -0.497 e. The molecule has 1 aliphatic rings. The number of methoxy groups -OCH3 is 1. The second kappa shape index (κ2) is 10.0. The van der Waals surface area contributed by atoms with Gasteiger partial charge in [-0.25, -0.2) is 0 Å². The van der Waals surface area contributed by atoms with E-state index >= 15 is 0 Å². The van der Waals surface area contributed by atoms with Gasteiger partial charge in [0.2, 0.25) is 0 Å². The number of anilines is 1. The molecule has 1 unspecified atom stereocenters.